The van der Waals surface area contributed by atoms with Crippen molar-refractivity contribution in [2.45, 2.75) is 44.6 Å². The van der Waals surface area contributed by atoms with Gasteiger partial charge in [-0.25, -0.2) is 0 Å². The molecule has 1 fully saturated rings. The van der Waals surface area contributed by atoms with Crippen molar-refractivity contribution in [1.29, 1.82) is 5.26 Å². The SMILES string of the molecule is CC1CCCCN1CCCNCC(C#N)c1ccccc1. The third-order valence-electron chi connectivity index (χ3n) is 4.45. The minimum atomic E-state index is -0.0416. The van der Waals surface area contributed by atoms with Crippen LogP contribution in [0.15, 0.2) is 30.3 Å². The van der Waals surface area contributed by atoms with Gasteiger partial charge < -0.3 is 10.2 Å². The molecule has 3 heteroatoms. The van der Waals surface area contributed by atoms with Crippen LogP contribution in [0, 0.1) is 11.3 Å². The van der Waals surface area contributed by atoms with Crippen LogP contribution in [0.5, 0.6) is 0 Å². The van der Waals surface area contributed by atoms with Crippen LogP contribution in [0.3, 0.4) is 0 Å². The van der Waals surface area contributed by atoms with Crippen LogP contribution < -0.4 is 5.32 Å². The van der Waals surface area contributed by atoms with E-state index in [1.54, 1.807) is 0 Å². The quantitative estimate of drug-likeness (QED) is 0.782. The zero-order valence-electron chi connectivity index (χ0n) is 13.1. The first kappa shape index (κ1) is 16.0. The van der Waals surface area contributed by atoms with Crippen LogP contribution in [-0.4, -0.2) is 37.1 Å². The third-order valence-corrected chi connectivity index (χ3v) is 4.45. The molecule has 1 aliphatic rings. The molecule has 114 valence electrons. The van der Waals surface area contributed by atoms with Gasteiger partial charge in [-0.1, -0.05) is 36.8 Å². The molecule has 1 heterocycles. The molecule has 3 nitrogen and oxygen atoms in total. The molecule has 0 saturated carbocycles. The van der Waals surface area contributed by atoms with Gasteiger partial charge in [0.2, 0.25) is 0 Å². The number of hydrogen-bond donors (Lipinski definition) is 1. The number of benzene rings is 1. The average Bonchev–Trinajstić information content (AvgIpc) is 2.53. The normalized spacial score (nSPS) is 20.9. The van der Waals surface area contributed by atoms with Crippen LogP contribution >= 0.6 is 0 Å². The van der Waals surface area contributed by atoms with Crippen molar-refractivity contribution >= 4 is 0 Å². The van der Waals surface area contributed by atoms with E-state index in [9.17, 15) is 5.26 Å². The Morgan fingerprint density at radius 1 is 1.33 bits per heavy atom. The Hall–Kier alpha value is -1.37. The van der Waals surface area contributed by atoms with E-state index in [1.807, 2.05) is 30.3 Å². The topological polar surface area (TPSA) is 39.1 Å². The first-order chi connectivity index (χ1) is 10.3. The molecule has 2 rings (SSSR count). The fourth-order valence-corrected chi connectivity index (χ4v) is 3.07. The molecular weight excluding hydrogens is 258 g/mol. The minimum absolute atomic E-state index is 0.0416. The molecule has 0 spiro atoms. The lowest BCUT2D eigenvalue weighted by Gasteiger charge is -2.33. The fourth-order valence-electron chi connectivity index (χ4n) is 3.07. The molecule has 1 saturated heterocycles. The monoisotopic (exact) mass is 285 g/mol. The molecule has 1 aliphatic heterocycles. The van der Waals surface area contributed by atoms with Crippen LogP contribution in [0.1, 0.15) is 44.1 Å². The lowest BCUT2D eigenvalue weighted by atomic mass is 10.0. The average molecular weight is 285 g/mol. The Kier molecular flexibility index (Phi) is 6.72. The lowest BCUT2D eigenvalue weighted by molar-refractivity contribution is 0.159. The molecule has 0 radical (unpaired) electrons. The van der Waals surface area contributed by atoms with Gasteiger partial charge in [0.25, 0.3) is 0 Å². The van der Waals surface area contributed by atoms with Crippen molar-refractivity contribution in [3.63, 3.8) is 0 Å². The summed E-state index contributed by atoms with van der Waals surface area (Å²) in [7, 11) is 0. The van der Waals surface area contributed by atoms with Gasteiger partial charge >= 0.3 is 0 Å². The molecular formula is C18H27N3. The zero-order valence-corrected chi connectivity index (χ0v) is 13.1. The van der Waals surface area contributed by atoms with Crippen LogP contribution in [-0.2, 0) is 0 Å². The van der Waals surface area contributed by atoms with Crippen LogP contribution in [0.4, 0.5) is 0 Å². The maximum absolute atomic E-state index is 9.28. The molecule has 0 amide bonds. The van der Waals surface area contributed by atoms with E-state index < -0.39 is 0 Å². The van der Waals surface area contributed by atoms with Gasteiger partial charge in [0, 0.05) is 12.6 Å². The van der Waals surface area contributed by atoms with Crippen LogP contribution in [0.25, 0.3) is 0 Å². The Bertz CT molecular complexity index is 438. The molecule has 0 bridgehead atoms. The summed E-state index contributed by atoms with van der Waals surface area (Å²) in [5.41, 5.74) is 1.11. The van der Waals surface area contributed by atoms with Crippen molar-refractivity contribution in [2.75, 3.05) is 26.2 Å². The summed E-state index contributed by atoms with van der Waals surface area (Å²) < 4.78 is 0. The molecule has 1 aromatic carbocycles. The van der Waals surface area contributed by atoms with E-state index in [2.05, 4.69) is 23.2 Å². The highest BCUT2D eigenvalue weighted by Gasteiger charge is 2.17. The highest BCUT2D eigenvalue weighted by molar-refractivity contribution is 5.24. The van der Waals surface area contributed by atoms with E-state index in [4.69, 9.17) is 0 Å². The summed E-state index contributed by atoms with van der Waals surface area (Å²) in [4.78, 5) is 2.60. The first-order valence-electron chi connectivity index (χ1n) is 8.20. The van der Waals surface area contributed by atoms with Gasteiger partial charge in [0.05, 0.1) is 12.0 Å². The molecule has 2 unspecified atom stereocenters. The number of nitrogens with zero attached hydrogens (tertiary/aromatic N) is 2. The van der Waals surface area contributed by atoms with Crippen molar-refractivity contribution in [3.05, 3.63) is 35.9 Å². The predicted molar refractivity (Wildman–Crippen MR) is 87.2 cm³/mol. The first-order valence-corrected chi connectivity index (χ1v) is 8.20. The molecule has 0 aliphatic carbocycles. The summed E-state index contributed by atoms with van der Waals surface area (Å²) in [6, 6.07) is 13.2. The van der Waals surface area contributed by atoms with Crippen molar-refractivity contribution in [1.82, 2.24) is 10.2 Å². The van der Waals surface area contributed by atoms with Crippen molar-refractivity contribution < 1.29 is 0 Å². The molecule has 1 aromatic rings. The number of likely N-dealkylation sites (tertiary alicyclic amines) is 1. The van der Waals surface area contributed by atoms with Gasteiger partial charge in [-0.05, 0) is 51.4 Å². The van der Waals surface area contributed by atoms with Crippen molar-refractivity contribution in [2.24, 2.45) is 0 Å². The summed E-state index contributed by atoms with van der Waals surface area (Å²) in [5.74, 6) is -0.0416. The minimum Gasteiger partial charge on any atom is -0.315 e. The Labute approximate surface area is 129 Å². The molecule has 21 heavy (non-hydrogen) atoms. The van der Waals surface area contributed by atoms with Gasteiger partial charge in [-0.15, -0.1) is 0 Å². The van der Waals surface area contributed by atoms with E-state index >= 15 is 0 Å². The molecule has 0 aromatic heterocycles. The van der Waals surface area contributed by atoms with E-state index in [0.29, 0.717) is 0 Å². The molecule has 1 N–H and O–H groups in total. The number of nitriles is 1. The van der Waals surface area contributed by atoms with E-state index in [0.717, 1.165) is 31.1 Å². The van der Waals surface area contributed by atoms with Gasteiger partial charge in [0.15, 0.2) is 0 Å². The summed E-state index contributed by atoms with van der Waals surface area (Å²) >= 11 is 0. The third kappa shape index (κ3) is 5.15. The van der Waals surface area contributed by atoms with Gasteiger partial charge in [0.1, 0.15) is 0 Å². The highest BCUT2D eigenvalue weighted by Crippen LogP contribution is 2.16. The summed E-state index contributed by atoms with van der Waals surface area (Å²) in [6.07, 6.45) is 5.24. The van der Waals surface area contributed by atoms with E-state index in [1.165, 1.54) is 32.4 Å². The zero-order chi connectivity index (χ0) is 14.9. The second-order valence-electron chi connectivity index (χ2n) is 6.03. The number of rotatable bonds is 7. The standard InChI is InChI=1S/C18H27N3/c1-16-8-5-6-12-21(16)13-7-11-20-15-18(14-19)17-9-3-2-4-10-17/h2-4,9-10,16,18,20H,5-8,11-13,15H2,1H3. The fraction of sp³-hybridized carbons (Fsp3) is 0.611. The summed E-state index contributed by atoms with van der Waals surface area (Å²) in [5, 5.41) is 12.7. The number of hydrogen-bond acceptors (Lipinski definition) is 3. The smallest absolute Gasteiger partial charge is 0.0837 e. The summed E-state index contributed by atoms with van der Waals surface area (Å²) in [6.45, 7) is 6.51. The number of nitrogens with one attached hydrogen (secondary N) is 1. The maximum atomic E-state index is 9.28. The van der Waals surface area contributed by atoms with Crippen molar-refractivity contribution in [3.8, 4) is 6.07 Å². The molecule has 2 atom stereocenters. The van der Waals surface area contributed by atoms with Gasteiger partial charge in [-0.2, -0.15) is 5.26 Å². The Balaban J connectivity index is 1.64. The number of piperidine rings is 1. The maximum Gasteiger partial charge on any atom is 0.0837 e. The lowest BCUT2D eigenvalue weighted by Crippen LogP contribution is -2.39. The Morgan fingerprint density at radius 2 is 2.14 bits per heavy atom. The van der Waals surface area contributed by atoms with Crippen LogP contribution in [0.2, 0.25) is 0 Å². The second kappa shape index (κ2) is 8.81. The predicted octanol–water partition coefficient (Wildman–Crippen LogP) is 3.15. The van der Waals surface area contributed by atoms with Gasteiger partial charge in [-0.3, -0.25) is 0 Å². The highest BCUT2D eigenvalue weighted by atomic mass is 15.2. The van der Waals surface area contributed by atoms with E-state index in [-0.39, 0.29) is 5.92 Å². The second-order valence-corrected chi connectivity index (χ2v) is 6.03. The largest absolute Gasteiger partial charge is 0.315 e. The Morgan fingerprint density at radius 3 is 2.86 bits per heavy atom.